The van der Waals surface area contributed by atoms with Crippen molar-refractivity contribution in [2.45, 2.75) is 13.5 Å². The van der Waals surface area contributed by atoms with Crippen LogP contribution in [-0.2, 0) is 6.54 Å². The molecule has 2 aromatic rings. The monoisotopic (exact) mass is 283 g/mol. The first-order valence-corrected chi connectivity index (χ1v) is 6.26. The number of rotatable bonds is 3. The summed E-state index contributed by atoms with van der Waals surface area (Å²) < 4.78 is 13.1. The summed E-state index contributed by atoms with van der Waals surface area (Å²) in [6.07, 6.45) is 0. The molecule has 4 heteroatoms. The van der Waals surface area contributed by atoms with E-state index in [-0.39, 0.29) is 5.82 Å². The summed E-state index contributed by atoms with van der Waals surface area (Å²) in [5.74, 6) is -0.212. The molecule has 0 saturated carbocycles. The molecule has 0 aliphatic heterocycles. The van der Waals surface area contributed by atoms with Gasteiger partial charge in [-0.05, 0) is 42.8 Å². The normalized spacial score (nSPS) is 10.4. The second kappa shape index (κ2) is 5.59. The minimum absolute atomic E-state index is 0.212. The van der Waals surface area contributed by atoms with E-state index in [9.17, 15) is 4.39 Å². The fraction of sp³-hybridized carbons (Fsp3) is 0.143. The Bertz CT molecular complexity index is 549. The van der Waals surface area contributed by atoms with Crippen LogP contribution in [0.15, 0.2) is 36.4 Å². The predicted molar refractivity (Wildman–Crippen MR) is 74.9 cm³/mol. The highest BCUT2D eigenvalue weighted by molar-refractivity contribution is 6.36. The zero-order chi connectivity index (χ0) is 13.1. The van der Waals surface area contributed by atoms with E-state index in [2.05, 4.69) is 5.32 Å². The lowest BCUT2D eigenvalue weighted by Gasteiger charge is -2.10. The third kappa shape index (κ3) is 2.95. The van der Waals surface area contributed by atoms with Crippen molar-refractivity contribution in [3.63, 3.8) is 0 Å². The highest BCUT2D eigenvalue weighted by Crippen LogP contribution is 2.25. The molecule has 0 unspecified atom stereocenters. The summed E-state index contributed by atoms with van der Waals surface area (Å²) in [4.78, 5) is 0. The van der Waals surface area contributed by atoms with Crippen molar-refractivity contribution in [3.05, 3.63) is 63.4 Å². The highest BCUT2D eigenvalue weighted by Gasteiger charge is 2.05. The molecule has 0 aromatic heterocycles. The topological polar surface area (TPSA) is 12.0 Å². The first kappa shape index (κ1) is 13.2. The molecule has 0 aliphatic rings. The van der Waals surface area contributed by atoms with E-state index in [0.29, 0.717) is 22.2 Å². The molecule has 1 N–H and O–H groups in total. The van der Waals surface area contributed by atoms with Crippen molar-refractivity contribution in [2.75, 3.05) is 5.32 Å². The zero-order valence-corrected chi connectivity index (χ0v) is 11.3. The lowest BCUT2D eigenvalue weighted by molar-refractivity contribution is 0.618. The number of anilines is 1. The van der Waals surface area contributed by atoms with Crippen LogP contribution < -0.4 is 5.32 Å². The SMILES string of the molecule is Cc1cc(NCc2c(Cl)cccc2Cl)ccc1F. The molecular formula is C14H12Cl2FN. The van der Waals surface area contributed by atoms with Gasteiger partial charge in [0.2, 0.25) is 0 Å². The van der Waals surface area contributed by atoms with E-state index in [1.807, 2.05) is 0 Å². The van der Waals surface area contributed by atoms with Gasteiger partial charge in [0, 0.05) is 27.8 Å². The quantitative estimate of drug-likeness (QED) is 0.831. The Morgan fingerprint density at radius 1 is 1.11 bits per heavy atom. The van der Waals surface area contributed by atoms with Crippen LogP contribution in [0.4, 0.5) is 10.1 Å². The van der Waals surface area contributed by atoms with Gasteiger partial charge in [-0.2, -0.15) is 0 Å². The maximum absolute atomic E-state index is 13.1. The van der Waals surface area contributed by atoms with Crippen molar-refractivity contribution in [2.24, 2.45) is 0 Å². The van der Waals surface area contributed by atoms with Gasteiger partial charge in [-0.1, -0.05) is 29.3 Å². The van der Waals surface area contributed by atoms with Crippen LogP contribution in [0.3, 0.4) is 0 Å². The molecule has 0 amide bonds. The van der Waals surface area contributed by atoms with Gasteiger partial charge >= 0.3 is 0 Å². The van der Waals surface area contributed by atoms with E-state index >= 15 is 0 Å². The zero-order valence-electron chi connectivity index (χ0n) is 9.81. The molecule has 0 heterocycles. The van der Waals surface area contributed by atoms with Crippen LogP contribution in [0, 0.1) is 12.7 Å². The summed E-state index contributed by atoms with van der Waals surface area (Å²) in [7, 11) is 0. The molecule has 0 fully saturated rings. The number of hydrogen-bond donors (Lipinski definition) is 1. The Morgan fingerprint density at radius 2 is 1.78 bits per heavy atom. The molecule has 2 aromatic carbocycles. The summed E-state index contributed by atoms with van der Waals surface area (Å²) in [6.45, 7) is 2.23. The van der Waals surface area contributed by atoms with Gasteiger partial charge in [0.1, 0.15) is 5.82 Å². The minimum atomic E-state index is -0.212. The van der Waals surface area contributed by atoms with Gasteiger partial charge in [-0.25, -0.2) is 4.39 Å². The number of halogens is 3. The van der Waals surface area contributed by atoms with Gasteiger partial charge < -0.3 is 5.32 Å². The van der Waals surface area contributed by atoms with Crippen LogP contribution in [0.5, 0.6) is 0 Å². The van der Waals surface area contributed by atoms with Crippen molar-refractivity contribution in [3.8, 4) is 0 Å². The fourth-order valence-corrected chi connectivity index (χ4v) is 2.18. The molecule has 0 spiro atoms. The standard InChI is InChI=1S/C14H12Cl2FN/c1-9-7-10(5-6-14(9)17)18-8-11-12(15)3-2-4-13(11)16/h2-7,18H,8H2,1H3. The Morgan fingerprint density at radius 3 is 2.39 bits per heavy atom. The van der Waals surface area contributed by atoms with E-state index in [4.69, 9.17) is 23.2 Å². The lowest BCUT2D eigenvalue weighted by Crippen LogP contribution is -2.01. The first-order chi connectivity index (χ1) is 8.58. The van der Waals surface area contributed by atoms with Crippen LogP contribution in [0.2, 0.25) is 10.0 Å². The molecule has 94 valence electrons. The van der Waals surface area contributed by atoms with Gasteiger partial charge in [-0.15, -0.1) is 0 Å². The van der Waals surface area contributed by atoms with Gasteiger partial charge in [0.15, 0.2) is 0 Å². The van der Waals surface area contributed by atoms with Crippen LogP contribution >= 0.6 is 23.2 Å². The number of aryl methyl sites for hydroxylation is 1. The van der Waals surface area contributed by atoms with E-state index in [1.165, 1.54) is 6.07 Å². The Hall–Kier alpha value is -1.25. The average molecular weight is 284 g/mol. The molecule has 0 aliphatic carbocycles. The van der Waals surface area contributed by atoms with Crippen LogP contribution in [-0.4, -0.2) is 0 Å². The molecule has 0 bridgehead atoms. The molecule has 1 nitrogen and oxygen atoms in total. The van der Waals surface area contributed by atoms with Crippen molar-refractivity contribution in [1.29, 1.82) is 0 Å². The summed E-state index contributed by atoms with van der Waals surface area (Å²) >= 11 is 12.1. The van der Waals surface area contributed by atoms with Gasteiger partial charge in [0.05, 0.1) is 0 Å². The summed E-state index contributed by atoms with van der Waals surface area (Å²) in [5, 5.41) is 4.41. The largest absolute Gasteiger partial charge is 0.381 e. The van der Waals surface area contributed by atoms with Gasteiger partial charge in [-0.3, -0.25) is 0 Å². The summed E-state index contributed by atoms with van der Waals surface area (Å²) in [6, 6.07) is 10.3. The third-order valence-corrected chi connectivity index (χ3v) is 3.40. The van der Waals surface area contributed by atoms with Crippen LogP contribution in [0.25, 0.3) is 0 Å². The third-order valence-electron chi connectivity index (χ3n) is 2.69. The second-order valence-corrected chi connectivity index (χ2v) is 4.83. The molecule has 18 heavy (non-hydrogen) atoms. The van der Waals surface area contributed by atoms with Crippen molar-refractivity contribution < 1.29 is 4.39 Å². The maximum atomic E-state index is 13.1. The summed E-state index contributed by atoms with van der Waals surface area (Å²) in [5.41, 5.74) is 2.28. The number of hydrogen-bond acceptors (Lipinski definition) is 1. The van der Waals surface area contributed by atoms with Crippen LogP contribution in [0.1, 0.15) is 11.1 Å². The second-order valence-electron chi connectivity index (χ2n) is 4.02. The van der Waals surface area contributed by atoms with E-state index in [0.717, 1.165) is 11.3 Å². The van der Waals surface area contributed by atoms with Gasteiger partial charge in [0.25, 0.3) is 0 Å². The first-order valence-electron chi connectivity index (χ1n) is 5.51. The molecular weight excluding hydrogens is 272 g/mol. The average Bonchev–Trinajstić information content (AvgIpc) is 2.33. The molecule has 2 rings (SSSR count). The van der Waals surface area contributed by atoms with Crippen molar-refractivity contribution in [1.82, 2.24) is 0 Å². The smallest absolute Gasteiger partial charge is 0.126 e. The number of nitrogens with one attached hydrogen (secondary N) is 1. The van der Waals surface area contributed by atoms with Crippen molar-refractivity contribution >= 4 is 28.9 Å². The van der Waals surface area contributed by atoms with E-state index in [1.54, 1.807) is 37.3 Å². The Labute approximate surface area is 116 Å². The molecule has 0 saturated heterocycles. The molecule has 0 radical (unpaired) electrons. The van der Waals surface area contributed by atoms with E-state index < -0.39 is 0 Å². The number of benzene rings is 2. The Balaban J connectivity index is 2.14. The molecule has 0 atom stereocenters. The lowest BCUT2D eigenvalue weighted by atomic mass is 10.2. The minimum Gasteiger partial charge on any atom is -0.381 e. The Kier molecular flexibility index (Phi) is 4.10. The maximum Gasteiger partial charge on any atom is 0.126 e. The predicted octanol–water partition coefficient (Wildman–Crippen LogP) is 5.05. The highest BCUT2D eigenvalue weighted by atomic mass is 35.5. The fourth-order valence-electron chi connectivity index (χ4n) is 1.65.